The van der Waals surface area contributed by atoms with Gasteiger partial charge in [0.25, 0.3) is 0 Å². The maximum atomic E-state index is 6.52. The molecule has 0 saturated heterocycles. The summed E-state index contributed by atoms with van der Waals surface area (Å²) in [5.74, 6) is 0. The third kappa shape index (κ3) is 3.08. The molecule has 1 aromatic carbocycles. The van der Waals surface area contributed by atoms with Gasteiger partial charge in [-0.1, -0.05) is 36.0 Å². The molecule has 2 N–H and O–H groups in total. The zero-order chi connectivity index (χ0) is 14.0. The Morgan fingerprint density at radius 2 is 1.89 bits per heavy atom. The predicted molar refractivity (Wildman–Crippen MR) is 83.0 cm³/mol. The van der Waals surface area contributed by atoms with E-state index in [0.717, 1.165) is 22.0 Å². The van der Waals surface area contributed by atoms with Gasteiger partial charge in [0.1, 0.15) is 0 Å². The molecule has 1 fully saturated rings. The van der Waals surface area contributed by atoms with Gasteiger partial charge < -0.3 is 10.6 Å². The standard InChI is InChI=1S/C15H22Cl2N2/c1-19(2)15(7-3-4-8-15)14(18)10-11-9-12(16)5-6-13(11)17/h5-6,9,14H,3-4,7-8,10,18H2,1-2H3. The minimum Gasteiger partial charge on any atom is -0.326 e. The molecule has 0 radical (unpaired) electrons. The first-order valence-electron chi connectivity index (χ1n) is 6.82. The van der Waals surface area contributed by atoms with Crippen molar-refractivity contribution in [2.45, 2.75) is 43.7 Å². The third-order valence-electron chi connectivity index (χ3n) is 4.50. The zero-order valence-electron chi connectivity index (χ0n) is 11.6. The number of nitrogens with two attached hydrogens (primary N) is 1. The van der Waals surface area contributed by atoms with E-state index in [4.69, 9.17) is 28.9 Å². The molecule has 0 bridgehead atoms. The van der Waals surface area contributed by atoms with Crippen molar-refractivity contribution in [3.05, 3.63) is 33.8 Å². The van der Waals surface area contributed by atoms with E-state index in [9.17, 15) is 0 Å². The van der Waals surface area contributed by atoms with Gasteiger partial charge in [0, 0.05) is 21.6 Å². The highest BCUT2D eigenvalue weighted by atomic mass is 35.5. The number of likely N-dealkylation sites (N-methyl/N-ethyl adjacent to an activating group) is 1. The van der Waals surface area contributed by atoms with Crippen LogP contribution in [0.2, 0.25) is 10.0 Å². The van der Waals surface area contributed by atoms with Crippen LogP contribution in [0.25, 0.3) is 0 Å². The zero-order valence-corrected chi connectivity index (χ0v) is 13.1. The number of nitrogens with zero attached hydrogens (tertiary/aromatic N) is 1. The predicted octanol–water partition coefficient (Wildman–Crippen LogP) is 3.74. The van der Waals surface area contributed by atoms with Crippen molar-refractivity contribution >= 4 is 23.2 Å². The summed E-state index contributed by atoms with van der Waals surface area (Å²) >= 11 is 12.3. The molecule has 0 aromatic heterocycles. The lowest BCUT2D eigenvalue weighted by atomic mass is 9.83. The largest absolute Gasteiger partial charge is 0.326 e. The van der Waals surface area contributed by atoms with E-state index in [-0.39, 0.29) is 11.6 Å². The van der Waals surface area contributed by atoms with Gasteiger partial charge in [0.05, 0.1) is 0 Å². The van der Waals surface area contributed by atoms with E-state index in [1.54, 1.807) is 0 Å². The van der Waals surface area contributed by atoms with Crippen molar-refractivity contribution in [1.82, 2.24) is 4.90 Å². The lowest BCUT2D eigenvalue weighted by Crippen LogP contribution is -2.56. The van der Waals surface area contributed by atoms with Crippen molar-refractivity contribution < 1.29 is 0 Å². The van der Waals surface area contributed by atoms with Crippen LogP contribution in [0, 0.1) is 0 Å². The van der Waals surface area contributed by atoms with Gasteiger partial charge in [-0.05, 0) is 57.1 Å². The third-order valence-corrected chi connectivity index (χ3v) is 5.10. The number of rotatable bonds is 4. The molecule has 4 heteroatoms. The smallest absolute Gasteiger partial charge is 0.0439 e. The molecule has 2 rings (SSSR count). The molecular formula is C15H22Cl2N2. The molecule has 2 nitrogen and oxygen atoms in total. The summed E-state index contributed by atoms with van der Waals surface area (Å²) in [7, 11) is 4.26. The van der Waals surface area contributed by atoms with Crippen LogP contribution in [0.5, 0.6) is 0 Å². The molecule has 106 valence electrons. The fraction of sp³-hybridized carbons (Fsp3) is 0.600. The van der Waals surface area contributed by atoms with Gasteiger partial charge in [0.2, 0.25) is 0 Å². The second kappa shape index (κ2) is 6.01. The number of hydrogen-bond donors (Lipinski definition) is 1. The topological polar surface area (TPSA) is 29.3 Å². The molecule has 0 spiro atoms. The molecule has 1 aromatic rings. The van der Waals surface area contributed by atoms with Crippen LogP contribution in [-0.4, -0.2) is 30.6 Å². The van der Waals surface area contributed by atoms with E-state index < -0.39 is 0 Å². The summed E-state index contributed by atoms with van der Waals surface area (Å²) in [6.07, 6.45) is 5.63. The average molecular weight is 301 g/mol. The monoisotopic (exact) mass is 300 g/mol. The Bertz CT molecular complexity index is 440. The molecule has 1 unspecified atom stereocenters. The molecular weight excluding hydrogens is 279 g/mol. The van der Waals surface area contributed by atoms with Crippen LogP contribution < -0.4 is 5.73 Å². The maximum absolute atomic E-state index is 6.52. The Kier molecular flexibility index (Phi) is 4.78. The second-order valence-corrected chi connectivity index (χ2v) is 6.60. The van der Waals surface area contributed by atoms with E-state index in [0.29, 0.717) is 0 Å². The Balaban J connectivity index is 2.19. The lowest BCUT2D eigenvalue weighted by Gasteiger charge is -2.41. The minimum atomic E-state index is 0.0842. The highest BCUT2D eigenvalue weighted by Crippen LogP contribution is 2.37. The Morgan fingerprint density at radius 3 is 2.47 bits per heavy atom. The van der Waals surface area contributed by atoms with Crippen LogP contribution in [0.4, 0.5) is 0 Å². The highest BCUT2D eigenvalue weighted by molar-refractivity contribution is 6.33. The van der Waals surface area contributed by atoms with Crippen LogP contribution in [-0.2, 0) is 6.42 Å². The van der Waals surface area contributed by atoms with Crippen LogP contribution >= 0.6 is 23.2 Å². The average Bonchev–Trinajstić information content (AvgIpc) is 2.84. The van der Waals surface area contributed by atoms with Gasteiger partial charge in [-0.2, -0.15) is 0 Å². The second-order valence-electron chi connectivity index (χ2n) is 5.75. The van der Waals surface area contributed by atoms with Gasteiger partial charge in [-0.3, -0.25) is 0 Å². The van der Waals surface area contributed by atoms with Gasteiger partial charge in [0.15, 0.2) is 0 Å². The summed E-state index contributed by atoms with van der Waals surface area (Å²) in [5.41, 5.74) is 7.68. The Labute approximate surface area is 125 Å². The van der Waals surface area contributed by atoms with Gasteiger partial charge in [-0.15, -0.1) is 0 Å². The first kappa shape index (κ1) is 15.1. The first-order chi connectivity index (χ1) is 8.95. The maximum Gasteiger partial charge on any atom is 0.0439 e. The van der Waals surface area contributed by atoms with E-state index >= 15 is 0 Å². The van der Waals surface area contributed by atoms with Crippen molar-refractivity contribution in [3.8, 4) is 0 Å². The lowest BCUT2D eigenvalue weighted by molar-refractivity contribution is 0.123. The fourth-order valence-corrected chi connectivity index (χ4v) is 3.65. The summed E-state index contributed by atoms with van der Waals surface area (Å²) in [6.45, 7) is 0. The summed E-state index contributed by atoms with van der Waals surface area (Å²) in [4.78, 5) is 2.29. The molecule has 0 amide bonds. The molecule has 1 saturated carbocycles. The highest BCUT2D eigenvalue weighted by Gasteiger charge is 2.41. The normalized spacial score (nSPS) is 19.9. The molecule has 19 heavy (non-hydrogen) atoms. The Hall–Kier alpha value is -0.280. The van der Waals surface area contributed by atoms with Crippen LogP contribution in [0.1, 0.15) is 31.2 Å². The van der Waals surface area contributed by atoms with Crippen molar-refractivity contribution in [2.24, 2.45) is 5.73 Å². The minimum absolute atomic E-state index is 0.0842. The number of hydrogen-bond acceptors (Lipinski definition) is 2. The quantitative estimate of drug-likeness (QED) is 0.918. The van der Waals surface area contributed by atoms with Gasteiger partial charge in [-0.25, -0.2) is 0 Å². The van der Waals surface area contributed by atoms with Crippen molar-refractivity contribution in [2.75, 3.05) is 14.1 Å². The Morgan fingerprint density at radius 1 is 1.26 bits per heavy atom. The van der Waals surface area contributed by atoms with Crippen LogP contribution in [0.15, 0.2) is 18.2 Å². The van der Waals surface area contributed by atoms with Crippen LogP contribution in [0.3, 0.4) is 0 Å². The molecule has 1 aliphatic carbocycles. The molecule has 0 aliphatic heterocycles. The van der Waals surface area contributed by atoms with E-state index in [1.807, 2.05) is 18.2 Å². The molecule has 1 atom stereocenters. The SMILES string of the molecule is CN(C)C1(C(N)Cc2cc(Cl)ccc2Cl)CCCC1. The summed E-state index contributed by atoms with van der Waals surface area (Å²) in [6, 6.07) is 5.68. The van der Waals surface area contributed by atoms with Crippen molar-refractivity contribution in [1.29, 1.82) is 0 Å². The molecule has 1 aliphatic rings. The van der Waals surface area contributed by atoms with E-state index in [2.05, 4.69) is 19.0 Å². The van der Waals surface area contributed by atoms with Crippen molar-refractivity contribution in [3.63, 3.8) is 0 Å². The fourth-order valence-electron chi connectivity index (χ4n) is 3.26. The van der Waals surface area contributed by atoms with Gasteiger partial charge >= 0.3 is 0 Å². The summed E-state index contributed by atoms with van der Waals surface area (Å²) < 4.78 is 0. The first-order valence-corrected chi connectivity index (χ1v) is 7.58. The molecule has 0 heterocycles. The van der Waals surface area contributed by atoms with E-state index in [1.165, 1.54) is 25.7 Å². The number of benzene rings is 1. The number of halogens is 2. The summed E-state index contributed by atoms with van der Waals surface area (Å²) in [5, 5.41) is 1.48.